The van der Waals surface area contributed by atoms with Gasteiger partial charge in [0.15, 0.2) is 0 Å². The minimum absolute atomic E-state index is 0.0791. The van der Waals surface area contributed by atoms with E-state index in [4.69, 9.17) is 9.47 Å². The number of imide groups is 1. The fourth-order valence-electron chi connectivity index (χ4n) is 3.64. The molecule has 2 aromatic rings. The molecule has 0 aromatic heterocycles. The summed E-state index contributed by atoms with van der Waals surface area (Å²) in [6.45, 7) is 4.46. The highest BCUT2D eigenvalue weighted by Gasteiger charge is 2.39. The fraction of sp³-hybridized carbons (Fsp3) is 0.318. The molecule has 1 atom stereocenters. The Morgan fingerprint density at radius 3 is 2.27 bits per heavy atom. The quantitative estimate of drug-likeness (QED) is 0.460. The standard InChI is InChI=1S/C22H23N3O5/c1-15(26)30-19-8-6-18(7-9-19)25-21(27)14-20(22(25)28)23-16-2-4-17(5-3-16)24-10-12-29-13-11-24/h2-9,20,23H,10-14H2,1H3/t20-/m1/s1. The molecule has 8 heteroatoms. The highest BCUT2D eigenvalue weighted by atomic mass is 16.5. The molecule has 0 saturated carbocycles. The molecule has 0 aliphatic carbocycles. The van der Waals surface area contributed by atoms with Crippen LogP contribution in [0.1, 0.15) is 13.3 Å². The molecule has 2 aromatic carbocycles. The Hall–Kier alpha value is -3.39. The number of esters is 1. The number of anilines is 3. The number of hydrogen-bond acceptors (Lipinski definition) is 7. The van der Waals surface area contributed by atoms with Crippen molar-refractivity contribution in [2.24, 2.45) is 0 Å². The zero-order valence-corrected chi connectivity index (χ0v) is 16.7. The zero-order valence-electron chi connectivity index (χ0n) is 16.7. The van der Waals surface area contributed by atoms with Crippen molar-refractivity contribution < 1.29 is 23.9 Å². The molecule has 4 rings (SSSR count). The third-order valence-corrected chi connectivity index (χ3v) is 5.09. The lowest BCUT2D eigenvalue weighted by Crippen LogP contribution is -2.36. The Labute approximate surface area is 174 Å². The second-order valence-corrected chi connectivity index (χ2v) is 7.20. The van der Waals surface area contributed by atoms with Crippen molar-refractivity contribution in [1.82, 2.24) is 0 Å². The lowest BCUT2D eigenvalue weighted by atomic mass is 10.2. The van der Waals surface area contributed by atoms with Crippen LogP contribution in [-0.2, 0) is 19.1 Å². The van der Waals surface area contributed by atoms with E-state index in [1.165, 1.54) is 6.92 Å². The summed E-state index contributed by atoms with van der Waals surface area (Å²) in [6, 6.07) is 13.5. The number of rotatable bonds is 5. The van der Waals surface area contributed by atoms with Crippen molar-refractivity contribution in [2.45, 2.75) is 19.4 Å². The number of nitrogens with one attached hydrogen (secondary N) is 1. The molecule has 2 heterocycles. The number of morpholine rings is 1. The van der Waals surface area contributed by atoms with Gasteiger partial charge in [0.25, 0.3) is 5.91 Å². The topological polar surface area (TPSA) is 88.2 Å². The van der Waals surface area contributed by atoms with E-state index in [9.17, 15) is 14.4 Å². The molecule has 2 aliphatic rings. The predicted molar refractivity (Wildman–Crippen MR) is 112 cm³/mol. The molecular formula is C22H23N3O5. The SMILES string of the molecule is CC(=O)Oc1ccc(N2C(=O)C[C@@H](Nc3ccc(N4CCOCC4)cc3)C2=O)cc1. The molecule has 2 amide bonds. The number of ether oxygens (including phenoxy) is 2. The lowest BCUT2D eigenvalue weighted by molar-refractivity contribution is -0.132. The van der Waals surface area contributed by atoms with Crippen LogP contribution in [0.4, 0.5) is 17.1 Å². The molecule has 156 valence electrons. The normalized spacial score (nSPS) is 19.2. The van der Waals surface area contributed by atoms with Crippen LogP contribution < -0.4 is 19.9 Å². The second kappa shape index (κ2) is 8.54. The van der Waals surface area contributed by atoms with Gasteiger partial charge in [0.05, 0.1) is 25.3 Å². The first-order valence-corrected chi connectivity index (χ1v) is 9.86. The maximum Gasteiger partial charge on any atom is 0.308 e. The lowest BCUT2D eigenvalue weighted by Gasteiger charge is -2.29. The summed E-state index contributed by atoms with van der Waals surface area (Å²) in [6.07, 6.45) is 0.0791. The Morgan fingerprint density at radius 2 is 1.63 bits per heavy atom. The molecular weight excluding hydrogens is 386 g/mol. The third-order valence-electron chi connectivity index (χ3n) is 5.09. The predicted octanol–water partition coefficient (Wildman–Crippen LogP) is 2.19. The number of nitrogens with zero attached hydrogens (tertiary/aromatic N) is 2. The molecule has 2 saturated heterocycles. The van der Waals surface area contributed by atoms with Crippen LogP contribution in [0.5, 0.6) is 5.75 Å². The minimum Gasteiger partial charge on any atom is -0.427 e. The van der Waals surface area contributed by atoms with Crippen LogP contribution >= 0.6 is 0 Å². The molecule has 8 nitrogen and oxygen atoms in total. The molecule has 0 spiro atoms. The molecule has 2 fully saturated rings. The van der Waals surface area contributed by atoms with Crippen molar-refractivity contribution >= 4 is 34.8 Å². The van der Waals surface area contributed by atoms with Crippen LogP contribution in [0.3, 0.4) is 0 Å². The summed E-state index contributed by atoms with van der Waals surface area (Å²) in [5.41, 5.74) is 2.34. The summed E-state index contributed by atoms with van der Waals surface area (Å²) in [5.74, 6) is -0.652. The van der Waals surface area contributed by atoms with E-state index in [0.717, 1.165) is 42.6 Å². The number of benzene rings is 2. The highest BCUT2D eigenvalue weighted by Crippen LogP contribution is 2.27. The Morgan fingerprint density at radius 1 is 1.00 bits per heavy atom. The van der Waals surface area contributed by atoms with Crippen molar-refractivity contribution in [3.8, 4) is 5.75 Å². The monoisotopic (exact) mass is 409 g/mol. The molecule has 0 radical (unpaired) electrons. The number of carbonyl (C=O) groups is 3. The molecule has 2 aliphatic heterocycles. The van der Waals surface area contributed by atoms with Gasteiger partial charge in [0, 0.05) is 31.4 Å². The summed E-state index contributed by atoms with van der Waals surface area (Å²) in [7, 11) is 0. The summed E-state index contributed by atoms with van der Waals surface area (Å²) >= 11 is 0. The van der Waals surface area contributed by atoms with Gasteiger partial charge < -0.3 is 19.7 Å². The van der Waals surface area contributed by atoms with Crippen molar-refractivity contribution in [3.63, 3.8) is 0 Å². The molecule has 0 bridgehead atoms. The maximum atomic E-state index is 12.8. The van der Waals surface area contributed by atoms with Crippen LogP contribution in [0, 0.1) is 0 Å². The third kappa shape index (κ3) is 4.28. The van der Waals surface area contributed by atoms with E-state index in [0.29, 0.717) is 11.4 Å². The van der Waals surface area contributed by atoms with E-state index in [2.05, 4.69) is 10.2 Å². The molecule has 1 N–H and O–H groups in total. The van der Waals surface area contributed by atoms with Gasteiger partial charge in [-0.05, 0) is 48.5 Å². The number of amides is 2. The number of carbonyl (C=O) groups excluding carboxylic acids is 3. The van der Waals surface area contributed by atoms with Crippen LogP contribution in [-0.4, -0.2) is 50.1 Å². The van der Waals surface area contributed by atoms with Crippen molar-refractivity contribution in [3.05, 3.63) is 48.5 Å². The van der Waals surface area contributed by atoms with E-state index >= 15 is 0 Å². The van der Waals surface area contributed by atoms with Gasteiger partial charge in [-0.25, -0.2) is 4.90 Å². The van der Waals surface area contributed by atoms with E-state index in [-0.39, 0.29) is 18.2 Å². The second-order valence-electron chi connectivity index (χ2n) is 7.20. The molecule has 30 heavy (non-hydrogen) atoms. The molecule has 0 unspecified atom stereocenters. The van der Waals surface area contributed by atoms with Gasteiger partial charge in [-0.3, -0.25) is 14.4 Å². The van der Waals surface area contributed by atoms with Gasteiger partial charge in [-0.15, -0.1) is 0 Å². The fourth-order valence-corrected chi connectivity index (χ4v) is 3.64. The largest absolute Gasteiger partial charge is 0.427 e. The first-order chi connectivity index (χ1) is 14.5. The van der Waals surface area contributed by atoms with Gasteiger partial charge in [-0.1, -0.05) is 0 Å². The van der Waals surface area contributed by atoms with Crippen LogP contribution in [0.25, 0.3) is 0 Å². The smallest absolute Gasteiger partial charge is 0.308 e. The van der Waals surface area contributed by atoms with Crippen LogP contribution in [0.15, 0.2) is 48.5 Å². The Balaban J connectivity index is 1.42. The first-order valence-electron chi connectivity index (χ1n) is 9.86. The summed E-state index contributed by atoms with van der Waals surface area (Å²) in [5, 5.41) is 3.16. The van der Waals surface area contributed by atoms with Gasteiger partial charge in [-0.2, -0.15) is 0 Å². The zero-order chi connectivity index (χ0) is 21.1. The van der Waals surface area contributed by atoms with Gasteiger partial charge >= 0.3 is 5.97 Å². The first kappa shape index (κ1) is 19.9. The van der Waals surface area contributed by atoms with Gasteiger partial charge in [0.1, 0.15) is 11.8 Å². The van der Waals surface area contributed by atoms with E-state index < -0.39 is 12.0 Å². The average molecular weight is 409 g/mol. The summed E-state index contributed by atoms with van der Waals surface area (Å²) < 4.78 is 10.4. The van der Waals surface area contributed by atoms with E-state index in [1.54, 1.807) is 24.3 Å². The highest BCUT2D eigenvalue weighted by molar-refractivity contribution is 6.23. The van der Waals surface area contributed by atoms with Gasteiger partial charge in [0.2, 0.25) is 5.91 Å². The average Bonchev–Trinajstić information content (AvgIpc) is 3.02. The summed E-state index contributed by atoms with van der Waals surface area (Å²) in [4.78, 5) is 39.7. The van der Waals surface area contributed by atoms with Crippen molar-refractivity contribution in [2.75, 3.05) is 41.4 Å². The van der Waals surface area contributed by atoms with Crippen LogP contribution in [0.2, 0.25) is 0 Å². The Bertz CT molecular complexity index is 936. The minimum atomic E-state index is -0.625. The van der Waals surface area contributed by atoms with Crippen molar-refractivity contribution in [1.29, 1.82) is 0 Å². The van der Waals surface area contributed by atoms with E-state index in [1.807, 2.05) is 24.3 Å². The maximum absolute atomic E-state index is 12.8. The Kier molecular flexibility index (Phi) is 5.67. The number of hydrogen-bond donors (Lipinski definition) is 1.